The SMILES string of the molecule is CC(C)c1ccc(-c2nc3c4n2CCNC4CN(C(=O)OC(C)(C)C)CC3)cc1. The minimum absolute atomic E-state index is 0.0879. The second-order valence-corrected chi connectivity index (χ2v) is 9.38. The molecular formula is C23H32N4O2. The molecule has 156 valence electrons. The predicted octanol–water partition coefficient (Wildman–Crippen LogP) is 4.11. The van der Waals surface area contributed by atoms with E-state index < -0.39 is 5.60 Å². The molecule has 6 heteroatoms. The van der Waals surface area contributed by atoms with Crippen LogP contribution >= 0.6 is 0 Å². The van der Waals surface area contributed by atoms with Crippen LogP contribution in [0.2, 0.25) is 0 Å². The van der Waals surface area contributed by atoms with Crippen LogP contribution < -0.4 is 5.32 Å². The number of benzene rings is 1. The van der Waals surface area contributed by atoms with Gasteiger partial charge in [-0.05, 0) is 32.3 Å². The molecule has 2 aromatic rings. The molecule has 1 unspecified atom stereocenters. The molecule has 1 N–H and O–H groups in total. The van der Waals surface area contributed by atoms with Gasteiger partial charge in [0.05, 0.1) is 17.4 Å². The first kappa shape index (κ1) is 20.0. The number of amides is 1. The summed E-state index contributed by atoms with van der Waals surface area (Å²) < 4.78 is 7.95. The van der Waals surface area contributed by atoms with Crippen LogP contribution in [0.15, 0.2) is 24.3 Å². The molecule has 2 aliphatic rings. The van der Waals surface area contributed by atoms with Gasteiger partial charge in [-0.1, -0.05) is 38.1 Å². The summed E-state index contributed by atoms with van der Waals surface area (Å²) in [5, 5.41) is 3.58. The Balaban J connectivity index is 1.62. The smallest absolute Gasteiger partial charge is 0.410 e. The van der Waals surface area contributed by atoms with Gasteiger partial charge in [0.2, 0.25) is 0 Å². The highest BCUT2D eigenvalue weighted by molar-refractivity contribution is 5.68. The zero-order valence-electron chi connectivity index (χ0n) is 18.2. The summed E-state index contributed by atoms with van der Waals surface area (Å²) in [7, 11) is 0. The first-order chi connectivity index (χ1) is 13.7. The second-order valence-electron chi connectivity index (χ2n) is 9.38. The van der Waals surface area contributed by atoms with Crippen molar-refractivity contribution >= 4 is 6.09 Å². The lowest BCUT2D eigenvalue weighted by Crippen LogP contribution is -2.44. The summed E-state index contributed by atoms with van der Waals surface area (Å²) in [6, 6.07) is 8.87. The summed E-state index contributed by atoms with van der Waals surface area (Å²) in [5.41, 5.74) is 4.33. The van der Waals surface area contributed by atoms with Crippen LogP contribution in [0.4, 0.5) is 4.79 Å². The zero-order valence-corrected chi connectivity index (χ0v) is 18.2. The average molecular weight is 397 g/mol. The van der Waals surface area contributed by atoms with E-state index in [1.807, 2.05) is 25.7 Å². The molecule has 1 aromatic heterocycles. The van der Waals surface area contributed by atoms with Gasteiger partial charge in [0.15, 0.2) is 0 Å². The van der Waals surface area contributed by atoms with Crippen LogP contribution in [0.3, 0.4) is 0 Å². The quantitative estimate of drug-likeness (QED) is 0.830. The van der Waals surface area contributed by atoms with Crippen LogP contribution in [0.5, 0.6) is 0 Å². The summed E-state index contributed by atoms with van der Waals surface area (Å²) in [5.74, 6) is 1.56. The summed E-state index contributed by atoms with van der Waals surface area (Å²) in [6.07, 6.45) is 0.502. The molecule has 6 nitrogen and oxygen atoms in total. The highest BCUT2D eigenvalue weighted by atomic mass is 16.6. The molecule has 0 radical (unpaired) electrons. The number of ether oxygens (including phenoxy) is 1. The molecule has 0 spiro atoms. The Kier molecular flexibility index (Phi) is 5.15. The Morgan fingerprint density at radius 1 is 1.21 bits per heavy atom. The molecular weight excluding hydrogens is 364 g/mol. The van der Waals surface area contributed by atoms with Crippen molar-refractivity contribution in [1.29, 1.82) is 0 Å². The number of imidazole rings is 1. The van der Waals surface area contributed by atoms with Crippen molar-refractivity contribution < 1.29 is 9.53 Å². The zero-order chi connectivity index (χ0) is 20.8. The van der Waals surface area contributed by atoms with E-state index in [9.17, 15) is 4.79 Å². The topological polar surface area (TPSA) is 59.4 Å². The van der Waals surface area contributed by atoms with E-state index in [0.717, 1.165) is 36.6 Å². The molecule has 29 heavy (non-hydrogen) atoms. The Bertz CT molecular complexity index is 893. The molecule has 1 atom stereocenters. The van der Waals surface area contributed by atoms with Crippen molar-refractivity contribution in [2.45, 2.75) is 65.1 Å². The molecule has 3 heterocycles. The van der Waals surface area contributed by atoms with E-state index in [1.54, 1.807) is 0 Å². The molecule has 0 saturated heterocycles. The molecule has 2 aliphatic heterocycles. The molecule has 0 saturated carbocycles. The maximum atomic E-state index is 12.6. The first-order valence-corrected chi connectivity index (χ1v) is 10.6. The minimum atomic E-state index is -0.487. The largest absolute Gasteiger partial charge is 0.444 e. The highest BCUT2D eigenvalue weighted by Crippen LogP contribution is 2.32. The summed E-state index contributed by atoms with van der Waals surface area (Å²) >= 11 is 0. The van der Waals surface area contributed by atoms with Gasteiger partial charge in [-0.2, -0.15) is 0 Å². The number of carbonyl (C=O) groups excluding carboxylic acids is 1. The van der Waals surface area contributed by atoms with Gasteiger partial charge in [0, 0.05) is 38.2 Å². The van der Waals surface area contributed by atoms with Gasteiger partial charge < -0.3 is 19.5 Å². The lowest BCUT2D eigenvalue weighted by atomic mass is 10.0. The number of aromatic nitrogens is 2. The number of hydrogen-bond donors (Lipinski definition) is 1. The molecule has 4 rings (SSSR count). The normalized spacial score (nSPS) is 19.1. The average Bonchev–Trinajstić information content (AvgIpc) is 2.92. The first-order valence-electron chi connectivity index (χ1n) is 10.6. The van der Waals surface area contributed by atoms with Crippen LogP contribution in [-0.4, -0.2) is 45.8 Å². The third kappa shape index (κ3) is 4.04. The fourth-order valence-corrected chi connectivity index (χ4v) is 4.20. The fraction of sp³-hybridized carbons (Fsp3) is 0.565. The van der Waals surface area contributed by atoms with E-state index in [2.05, 4.69) is 48.0 Å². The van der Waals surface area contributed by atoms with Gasteiger partial charge in [-0.3, -0.25) is 0 Å². The molecule has 0 fully saturated rings. The standard InChI is InChI=1S/C23H32N4O2/c1-15(2)16-6-8-17(9-7-16)21-25-18-10-12-26(22(28)29-23(3,4)5)14-19-20(18)27(21)13-11-24-19/h6-9,15,19,24H,10-14H2,1-5H3. The van der Waals surface area contributed by atoms with E-state index in [-0.39, 0.29) is 12.1 Å². The maximum Gasteiger partial charge on any atom is 0.410 e. The predicted molar refractivity (Wildman–Crippen MR) is 114 cm³/mol. The third-order valence-corrected chi connectivity index (χ3v) is 5.65. The van der Waals surface area contributed by atoms with Crippen LogP contribution in [0.1, 0.15) is 63.5 Å². The Hall–Kier alpha value is -2.34. The lowest BCUT2D eigenvalue weighted by Gasteiger charge is -2.31. The summed E-state index contributed by atoms with van der Waals surface area (Å²) in [4.78, 5) is 19.5. The Morgan fingerprint density at radius 2 is 1.93 bits per heavy atom. The lowest BCUT2D eigenvalue weighted by molar-refractivity contribution is 0.0236. The number of nitrogens with zero attached hydrogens (tertiary/aromatic N) is 3. The molecule has 0 bridgehead atoms. The van der Waals surface area contributed by atoms with Crippen molar-refractivity contribution in [2.24, 2.45) is 0 Å². The van der Waals surface area contributed by atoms with Crippen LogP contribution in [0, 0.1) is 0 Å². The fourth-order valence-electron chi connectivity index (χ4n) is 4.20. The molecule has 0 aliphatic carbocycles. The molecule has 1 amide bonds. The van der Waals surface area contributed by atoms with Gasteiger partial charge >= 0.3 is 6.09 Å². The van der Waals surface area contributed by atoms with Gasteiger partial charge in [0.25, 0.3) is 0 Å². The van der Waals surface area contributed by atoms with Crippen LogP contribution in [-0.2, 0) is 17.7 Å². The monoisotopic (exact) mass is 396 g/mol. The Morgan fingerprint density at radius 3 is 2.59 bits per heavy atom. The van der Waals surface area contributed by atoms with E-state index >= 15 is 0 Å². The minimum Gasteiger partial charge on any atom is -0.444 e. The van der Waals surface area contributed by atoms with E-state index in [0.29, 0.717) is 19.0 Å². The van der Waals surface area contributed by atoms with Gasteiger partial charge in [-0.25, -0.2) is 9.78 Å². The van der Waals surface area contributed by atoms with Crippen molar-refractivity contribution in [3.05, 3.63) is 41.2 Å². The summed E-state index contributed by atoms with van der Waals surface area (Å²) in [6.45, 7) is 13.1. The number of carbonyl (C=O) groups is 1. The van der Waals surface area contributed by atoms with E-state index in [4.69, 9.17) is 9.72 Å². The number of hydrogen-bond acceptors (Lipinski definition) is 4. The number of rotatable bonds is 2. The van der Waals surface area contributed by atoms with Crippen molar-refractivity contribution in [1.82, 2.24) is 19.8 Å². The highest BCUT2D eigenvalue weighted by Gasteiger charge is 2.34. The van der Waals surface area contributed by atoms with Crippen LogP contribution in [0.25, 0.3) is 11.4 Å². The third-order valence-electron chi connectivity index (χ3n) is 5.65. The second kappa shape index (κ2) is 7.48. The van der Waals surface area contributed by atoms with Gasteiger partial charge in [0.1, 0.15) is 11.4 Å². The molecule has 1 aromatic carbocycles. The van der Waals surface area contributed by atoms with Crippen molar-refractivity contribution in [2.75, 3.05) is 19.6 Å². The van der Waals surface area contributed by atoms with Gasteiger partial charge in [-0.15, -0.1) is 0 Å². The van der Waals surface area contributed by atoms with E-state index in [1.165, 1.54) is 11.3 Å². The van der Waals surface area contributed by atoms with Crippen molar-refractivity contribution in [3.8, 4) is 11.4 Å². The number of nitrogens with one attached hydrogen (secondary N) is 1. The van der Waals surface area contributed by atoms with Crippen molar-refractivity contribution in [3.63, 3.8) is 0 Å². The Labute approximate surface area is 173 Å². The maximum absolute atomic E-state index is 12.6.